The maximum absolute atomic E-state index is 13.5. The SMILES string of the molecule is CCC(C)Oc1cccc(N(C)c2nc(OCC(C)C)ncc2C(F)(F)F)c1. The smallest absolute Gasteiger partial charge is 0.421 e. The third-order valence-electron chi connectivity index (χ3n) is 4.03. The molecule has 28 heavy (non-hydrogen) atoms. The molecule has 8 heteroatoms. The minimum atomic E-state index is -4.59. The standard InChI is InChI=1S/C20H26F3N3O2/c1-6-14(4)28-16-9-7-8-15(10-16)26(5)18-17(20(21,22)23)11-24-19(25-18)27-12-13(2)3/h7-11,13-14H,6,12H2,1-5H3. The number of anilines is 2. The van der Waals surface area contributed by atoms with Crippen LogP contribution in [0, 0.1) is 5.92 Å². The summed E-state index contributed by atoms with van der Waals surface area (Å²) in [7, 11) is 1.52. The molecule has 2 aromatic rings. The molecule has 1 aromatic heterocycles. The molecule has 1 atom stereocenters. The number of ether oxygens (including phenoxy) is 2. The fraction of sp³-hybridized carbons (Fsp3) is 0.500. The highest BCUT2D eigenvalue weighted by atomic mass is 19.4. The molecule has 0 aliphatic carbocycles. The minimum Gasteiger partial charge on any atom is -0.491 e. The second kappa shape index (κ2) is 9.12. The lowest BCUT2D eigenvalue weighted by molar-refractivity contribution is -0.137. The Morgan fingerprint density at radius 1 is 1.18 bits per heavy atom. The molecule has 0 saturated heterocycles. The summed E-state index contributed by atoms with van der Waals surface area (Å²) in [5.41, 5.74) is -0.417. The van der Waals surface area contributed by atoms with E-state index in [4.69, 9.17) is 9.47 Å². The lowest BCUT2D eigenvalue weighted by Crippen LogP contribution is -2.20. The molecular weight excluding hydrogens is 371 g/mol. The highest BCUT2D eigenvalue weighted by Crippen LogP contribution is 2.38. The van der Waals surface area contributed by atoms with Gasteiger partial charge in [0.2, 0.25) is 0 Å². The fourth-order valence-corrected chi connectivity index (χ4v) is 2.33. The topological polar surface area (TPSA) is 47.5 Å². The Balaban J connectivity index is 2.40. The largest absolute Gasteiger partial charge is 0.491 e. The van der Waals surface area contributed by atoms with Crippen LogP contribution in [0.2, 0.25) is 0 Å². The van der Waals surface area contributed by atoms with Gasteiger partial charge in [0, 0.05) is 25.0 Å². The number of benzene rings is 1. The van der Waals surface area contributed by atoms with Gasteiger partial charge in [-0.3, -0.25) is 0 Å². The van der Waals surface area contributed by atoms with E-state index in [-0.39, 0.29) is 23.9 Å². The predicted octanol–water partition coefficient (Wildman–Crippen LogP) is 5.48. The lowest BCUT2D eigenvalue weighted by Gasteiger charge is -2.23. The lowest BCUT2D eigenvalue weighted by atomic mass is 10.2. The van der Waals surface area contributed by atoms with Crippen LogP contribution in [-0.4, -0.2) is 29.7 Å². The van der Waals surface area contributed by atoms with Crippen molar-refractivity contribution in [3.05, 3.63) is 36.0 Å². The van der Waals surface area contributed by atoms with Crippen molar-refractivity contribution in [2.75, 3.05) is 18.6 Å². The quantitative estimate of drug-likeness (QED) is 0.591. The highest BCUT2D eigenvalue weighted by Gasteiger charge is 2.36. The zero-order chi connectivity index (χ0) is 20.9. The molecular formula is C20H26F3N3O2. The molecule has 0 aliphatic rings. The first-order valence-electron chi connectivity index (χ1n) is 9.19. The monoisotopic (exact) mass is 397 g/mol. The van der Waals surface area contributed by atoms with Gasteiger partial charge in [-0.2, -0.15) is 18.2 Å². The van der Waals surface area contributed by atoms with Gasteiger partial charge < -0.3 is 14.4 Å². The molecule has 0 radical (unpaired) electrons. The van der Waals surface area contributed by atoms with Crippen LogP contribution < -0.4 is 14.4 Å². The highest BCUT2D eigenvalue weighted by molar-refractivity contribution is 5.64. The van der Waals surface area contributed by atoms with Gasteiger partial charge in [-0.25, -0.2) is 4.98 Å². The van der Waals surface area contributed by atoms with E-state index in [9.17, 15) is 13.2 Å². The number of halogens is 3. The molecule has 2 rings (SSSR count). The van der Waals surface area contributed by atoms with E-state index in [2.05, 4.69) is 9.97 Å². The average molecular weight is 397 g/mol. The summed E-state index contributed by atoms with van der Waals surface area (Å²) >= 11 is 0. The second-order valence-corrected chi connectivity index (χ2v) is 6.99. The summed E-state index contributed by atoms with van der Waals surface area (Å²) in [6, 6.07) is 6.79. The van der Waals surface area contributed by atoms with Gasteiger partial charge in [0.25, 0.3) is 0 Å². The third kappa shape index (κ3) is 5.74. The maximum atomic E-state index is 13.5. The Bertz CT molecular complexity index is 782. The molecule has 0 spiro atoms. The van der Waals surface area contributed by atoms with Gasteiger partial charge >= 0.3 is 12.2 Å². The summed E-state index contributed by atoms with van der Waals surface area (Å²) in [6.45, 7) is 8.10. The van der Waals surface area contributed by atoms with E-state index in [0.29, 0.717) is 18.0 Å². The summed E-state index contributed by atoms with van der Waals surface area (Å²) in [5, 5.41) is 0. The van der Waals surface area contributed by atoms with Crippen molar-refractivity contribution in [2.45, 2.75) is 46.4 Å². The molecule has 0 N–H and O–H groups in total. The van der Waals surface area contributed by atoms with Crippen molar-refractivity contribution in [1.82, 2.24) is 9.97 Å². The van der Waals surface area contributed by atoms with Crippen molar-refractivity contribution < 1.29 is 22.6 Å². The van der Waals surface area contributed by atoms with Gasteiger partial charge in [-0.1, -0.05) is 26.8 Å². The van der Waals surface area contributed by atoms with Crippen LogP contribution in [0.15, 0.2) is 30.5 Å². The molecule has 5 nitrogen and oxygen atoms in total. The van der Waals surface area contributed by atoms with E-state index in [1.807, 2.05) is 27.7 Å². The van der Waals surface area contributed by atoms with E-state index < -0.39 is 11.7 Å². The number of hydrogen-bond acceptors (Lipinski definition) is 5. The number of nitrogens with zero attached hydrogens (tertiary/aromatic N) is 3. The maximum Gasteiger partial charge on any atom is 0.421 e. The van der Waals surface area contributed by atoms with Crippen LogP contribution in [0.25, 0.3) is 0 Å². The van der Waals surface area contributed by atoms with Crippen molar-refractivity contribution in [2.24, 2.45) is 5.92 Å². The van der Waals surface area contributed by atoms with Gasteiger partial charge in [0.1, 0.15) is 11.3 Å². The van der Waals surface area contributed by atoms with E-state index in [1.165, 1.54) is 11.9 Å². The molecule has 0 amide bonds. The van der Waals surface area contributed by atoms with Crippen molar-refractivity contribution in [3.8, 4) is 11.8 Å². The third-order valence-corrected chi connectivity index (χ3v) is 4.03. The van der Waals surface area contributed by atoms with Crippen molar-refractivity contribution in [1.29, 1.82) is 0 Å². The summed E-state index contributed by atoms with van der Waals surface area (Å²) in [5.74, 6) is 0.501. The van der Waals surface area contributed by atoms with Crippen molar-refractivity contribution in [3.63, 3.8) is 0 Å². The first-order valence-corrected chi connectivity index (χ1v) is 9.19. The zero-order valence-electron chi connectivity index (χ0n) is 16.7. The first kappa shape index (κ1) is 21.8. The van der Waals surface area contributed by atoms with Crippen LogP contribution >= 0.6 is 0 Å². The Hall–Kier alpha value is -2.51. The second-order valence-electron chi connectivity index (χ2n) is 6.99. The molecule has 1 unspecified atom stereocenters. The van der Waals surface area contributed by atoms with Crippen LogP contribution in [0.4, 0.5) is 24.7 Å². The molecule has 1 aromatic carbocycles. The van der Waals surface area contributed by atoms with Gasteiger partial charge in [0.05, 0.1) is 12.7 Å². The molecule has 0 fully saturated rings. The van der Waals surface area contributed by atoms with E-state index in [1.54, 1.807) is 24.3 Å². The van der Waals surface area contributed by atoms with Gasteiger partial charge in [-0.15, -0.1) is 0 Å². The first-order chi connectivity index (χ1) is 13.1. The normalized spacial score (nSPS) is 12.8. The van der Waals surface area contributed by atoms with E-state index >= 15 is 0 Å². The van der Waals surface area contributed by atoms with Crippen LogP contribution in [-0.2, 0) is 6.18 Å². The minimum absolute atomic E-state index is 0.00128. The Morgan fingerprint density at radius 2 is 1.89 bits per heavy atom. The average Bonchev–Trinajstić information content (AvgIpc) is 2.64. The number of aromatic nitrogens is 2. The van der Waals surface area contributed by atoms with Crippen LogP contribution in [0.1, 0.15) is 39.7 Å². The Morgan fingerprint density at radius 3 is 2.50 bits per heavy atom. The number of hydrogen-bond donors (Lipinski definition) is 0. The molecule has 0 saturated carbocycles. The number of rotatable bonds is 8. The zero-order valence-corrected chi connectivity index (χ0v) is 16.7. The summed E-state index contributed by atoms with van der Waals surface area (Å²) in [4.78, 5) is 9.10. The summed E-state index contributed by atoms with van der Waals surface area (Å²) in [6.07, 6.45) is -3.01. The molecule has 154 valence electrons. The van der Waals surface area contributed by atoms with Gasteiger partial charge in [-0.05, 0) is 31.4 Å². The molecule has 0 aliphatic heterocycles. The van der Waals surface area contributed by atoms with Gasteiger partial charge in [0.15, 0.2) is 5.82 Å². The van der Waals surface area contributed by atoms with Crippen LogP contribution in [0.3, 0.4) is 0 Å². The predicted molar refractivity (Wildman–Crippen MR) is 102 cm³/mol. The Labute approximate surface area is 163 Å². The molecule has 1 heterocycles. The molecule has 0 bridgehead atoms. The summed E-state index contributed by atoms with van der Waals surface area (Å²) < 4.78 is 51.7. The van der Waals surface area contributed by atoms with E-state index in [0.717, 1.165) is 12.6 Å². The fourth-order valence-electron chi connectivity index (χ4n) is 2.33. The Kier molecular flexibility index (Phi) is 7.10. The van der Waals surface area contributed by atoms with Crippen molar-refractivity contribution >= 4 is 11.5 Å². The number of alkyl halides is 3. The van der Waals surface area contributed by atoms with Crippen LogP contribution in [0.5, 0.6) is 11.8 Å².